The van der Waals surface area contributed by atoms with Gasteiger partial charge in [-0.2, -0.15) is 0 Å². The van der Waals surface area contributed by atoms with Gasteiger partial charge in [0.1, 0.15) is 0 Å². The predicted molar refractivity (Wildman–Crippen MR) is 71.2 cm³/mol. The number of hydrogen-bond donors (Lipinski definition) is 2. The van der Waals surface area contributed by atoms with E-state index in [0.29, 0.717) is 12.0 Å². The summed E-state index contributed by atoms with van der Waals surface area (Å²) in [5.74, 6) is 1.80. The SMILES string of the molecule is CC(=O)N1CC(CC2CC2)CC(NCCCO)C1. The first-order valence-corrected chi connectivity index (χ1v) is 7.28. The van der Waals surface area contributed by atoms with Crippen LogP contribution in [-0.2, 0) is 4.79 Å². The zero-order valence-electron chi connectivity index (χ0n) is 11.4. The van der Waals surface area contributed by atoms with Gasteiger partial charge in [-0.15, -0.1) is 0 Å². The van der Waals surface area contributed by atoms with E-state index in [2.05, 4.69) is 5.32 Å². The monoisotopic (exact) mass is 254 g/mol. The van der Waals surface area contributed by atoms with Crippen LogP contribution in [0, 0.1) is 11.8 Å². The molecule has 1 aliphatic carbocycles. The Morgan fingerprint density at radius 3 is 2.72 bits per heavy atom. The molecule has 2 atom stereocenters. The molecule has 1 aliphatic heterocycles. The maximum Gasteiger partial charge on any atom is 0.219 e. The first kappa shape index (κ1) is 13.8. The summed E-state index contributed by atoms with van der Waals surface area (Å²) in [4.78, 5) is 13.6. The molecule has 104 valence electrons. The number of aliphatic hydroxyl groups excluding tert-OH is 1. The minimum atomic E-state index is 0.199. The van der Waals surface area contributed by atoms with Gasteiger partial charge in [-0.3, -0.25) is 4.79 Å². The molecule has 2 fully saturated rings. The largest absolute Gasteiger partial charge is 0.396 e. The second kappa shape index (κ2) is 6.53. The van der Waals surface area contributed by atoms with Crippen LogP contribution in [0.4, 0.5) is 0 Å². The lowest BCUT2D eigenvalue weighted by Crippen LogP contribution is -2.51. The third-order valence-corrected chi connectivity index (χ3v) is 4.11. The maximum atomic E-state index is 11.6. The van der Waals surface area contributed by atoms with Crippen molar-refractivity contribution < 1.29 is 9.90 Å². The van der Waals surface area contributed by atoms with Gasteiger partial charge in [0.25, 0.3) is 0 Å². The van der Waals surface area contributed by atoms with Crippen molar-refractivity contribution >= 4 is 5.91 Å². The van der Waals surface area contributed by atoms with Crippen molar-refractivity contribution in [2.75, 3.05) is 26.2 Å². The van der Waals surface area contributed by atoms with Crippen molar-refractivity contribution in [3.05, 3.63) is 0 Å². The molecule has 4 heteroatoms. The van der Waals surface area contributed by atoms with Gasteiger partial charge < -0.3 is 15.3 Å². The third-order valence-electron chi connectivity index (χ3n) is 4.11. The minimum absolute atomic E-state index is 0.199. The van der Waals surface area contributed by atoms with Crippen LogP contribution in [0.15, 0.2) is 0 Å². The van der Waals surface area contributed by atoms with Gasteiger partial charge in [0.2, 0.25) is 5.91 Å². The molecule has 0 radical (unpaired) electrons. The fourth-order valence-electron chi connectivity index (χ4n) is 2.99. The van der Waals surface area contributed by atoms with Gasteiger partial charge >= 0.3 is 0 Å². The lowest BCUT2D eigenvalue weighted by molar-refractivity contribution is -0.131. The summed E-state index contributed by atoms with van der Waals surface area (Å²) in [6.07, 6.45) is 6.05. The topological polar surface area (TPSA) is 52.6 Å². The number of rotatable bonds is 6. The molecule has 2 unspecified atom stereocenters. The van der Waals surface area contributed by atoms with E-state index < -0.39 is 0 Å². The van der Waals surface area contributed by atoms with Crippen molar-refractivity contribution in [3.63, 3.8) is 0 Å². The van der Waals surface area contributed by atoms with E-state index in [4.69, 9.17) is 5.11 Å². The van der Waals surface area contributed by atoms with Crippen molar-refractivity contribution in [2.24, 2.45) is 11.8 Å². The van der Waals surface area contributed by atoms with Crippen LogP contribution < -0.4 is 5.32 Å². The third kappa shape index (κ3) is 4.25. The summed E-state index contributed by atoms with van der Waals surface area (Å²) in [5, 5.41) is 12.3. The van der Waals surface area contributed by atoms with Crippen LogP contribution in [-0.4, -0.2) is 48.2 Å². The molecule has 2 rings (SSSR count). The standard InChI is InChI=1S/C14H26N2O2/c1-11(18)16-9-13(7-12-3-4-12)8-14(10-16)15-5-2-6-17/h12-15,17H,2-10H2,1H3. The fourth-order valence-corrected chi connectivity index (χ4v) is 2.99. The number of aliphatic hydroxyl groups is 1. The molecule has 2 N–H and O–H groups in total. The van der Waals surface area contributed by atoms with Gasteiger partial charge in [0.05, 0.1) is 0 Å². The Bertz CT molecular complexity index is 279. The van der Waals surface area contributed by atoms with Crippen LogP contribution in [0.5, 0.6) is 0 Å². The summed E-state index contributed by atoms with van der Waals surface area (Å²) >= 11 is 0. The Labute approximate surface area is 110 Å². The molecule has 1 saturated carbocycles. The van der Waals surface area contributed by atoms with E-state index in [1.54, 1.807) is 6.92 Å². The van der Waals surface area contributed by atoms with E-state index in [9.17, 15) is 4.79 Å². The van der Waals surface area contributed by atoms with E-state index >= 15 is 0 Å². The van der Waals surface area contributed by atoms with Crippen LogP contribution in [0.3, 0.4) is 0 Å². The number of amides is 1. The van der Waals surface area contributed by atoms with Gasteiger partial charge in [-0.1, -0.05) is 12.8 Å². The average Bonchev–Trinajstić information content (AvgIpc) is 3.13. The highest BCUT2D eigenvalue weighted by Gasteiger charge is 2.32. The Morgan fingerprint density at radius 2 is 2.11 bits per heavy atom. The zero-order chi connectivity index (χ0) is 13.0. The molecule has 1 saturated heterocycles. The van der Waals surface area contributed by atoms with Crippen LogP contribution >= 0.6 is 0 Å². The van der Waals surface area contributed by atoms with Crippen LogP contribution in [0.25, 0.3) is 0 Å². The molecule has 1 amide bonds. The summed E-state index contributed by atoms with van der Waals surface area (Å²) in [5.41, 5.74) is 0. The summed E-state index contributed by atoms with van der Waals surface area (Å²) in [6.45, 7) is 4.54. The number of likely N-dealkylation sites (tertiary alicyclic amines) is 1. The second-order valence-corrected chi connectivity index (χ2v) is 5.93. The van der Waals surface area contributed by atoms with Crippen molar-refractivity contribution in [1.82, 2.24) is 10.2 Å². The maximum absolute atomic E-state index is 11.6. The molecule has 0 spiro atoms. The van der Waals surface area contributed by atoms with Gasteiger partial charge in [-0.25, -0.2) is 0 Å². The number of piperidine rings is 1. The van der Waals surface area contributed by atoms with Gasteiger partial charge in [-0.05, 0) is 37.6 Å². The normalized spacial score (nSPS) is 28.4. The van der Waals surface area contributed by atoms with Gasteiger partial charge in [0.15, 0.2) is 0 Å². The number of nitrogens with zero attached hydrogens (tertiary/aromatic N) is 1. The van der Waals surface area contributed by atoms with E-state index in [1.165, 1.54) is 25.7 Å². The van der Waals surface area contributed by atoms with E-state index in [-0.39, 0.29) is 12.5 Å². The lowest BCUT2D eigenvalue weighted by Gasteiger charge is -2.38. The molecule has 0 aromatic carbocycles. The lowest BCUT2D eigenvalue weighted by atomic mass is 9.89. The molecule has 1 heterocycles. The number of carbonyl (C=O) groups excluding carboxylic acids is 1. The van der Waals surface area contributed by atoms with Crippen molar-refractivity contribution in [2.45, 2.75) is 45.1 Å². The highest BCUT2D eigenvalue weighted by molar-refractivity contribution is 5.73. The molecule has 0 aromatic rings. The molecule has 4 nitrogen and oxygen atoms in total. The smallest absolute Gasteiger partial charge is 0.219 e. The number of hydrogen-bond acceptors (Lipinski definition) is 3. The van der Waals surface area contributed by atoms with Crippen LogP contribution in [0.2, 0.25) is 0 Å². The Balaban J connectivity index is 1.82. The molecule has 0 bridgehead atoms. The Kier molecular flexibility index (Phi) is 5.01. The van der Waals surface area contributed by atoms with E-state index in [0.717, 1.165) is 32.0 Å². The molecule has 0 aromatic heterocycles. The fraction of sp³-hybridized carbons (Fsp3) is 0.929. The van der Waals surface area contributed by atoms with E-state index in [1.807, 2.05) is 4.90 Å². The Morgan fingerprint density at radius 1 is 1.33 bits per heavy atom. The number of nitrogens with one attached hydrogen (secondary N) is 1. The highest BCUT2D eigenvalue weighted by atomic mass is 16.3. The Hall–Kier alpha value is -0.610. The quantitative estimate of drug-likeness (QED) is 0.695. The molecule has 2 aliphatic rings. The summed E-state index contributed by atoms with van der Waals surface area (Å²) in [7, 11) is 0. The molecule has 18 heavy (non-hydrogen) atoms. The van der Waals surface area contributed by atoms with Crippen molar-refractivity contribution in [3.8, 4) is 0 Å². The summed E-state index contributed by atoms with van der Waals surface area (Å²) in [6, 6.07) is 0.415. The summed E-state index contributed by atoms with van der Waals surface area (Å²) < 4.78 is 0. The first-order valence-electron chi connectivity index (χ1n) is 7.28. The minimum Gasteiger partial charge on any atom is -0.396 e. The van der Waals surface area contributed by atoms with Crippen LogP contribution in [0.1, 0.15) is 39.0 Å². The van der Waals surface area contributed by atoms with Gasteiger partial charge in [0, 0.05) is 32.7 Å². The molecular formula is C14H26N2O2. The van der Waals surface area contributed by atoms with Crippen molar-refractivity contribution in [1.29, 1.82) is 0 Å². The highest BCUT2D eigenvalue weighted by Crippen LogP contribution is 2.37. The zero-order valence-corrected chi connectivity index (χ0v) is 11.4. The molecular weight excluding hydrogens is 228 g/mol. The average molecular weight is 254 g/mol. The number of carbonyl (C=O) groups is 1. The first-order chi connectivity index (χ1) is 8.69. The second-order valence-electron chi connectivity index (χ2n) is 5.93. The predicted octanol–water partition coefficient (Wildman–Crippen LogP) is 0.995.